The van der Waals surface area contributed by atoms with Crippen LogP contribution in [-0.4, -0.2) is 21.6 Å². The number of nitrogens with one attached hydrogen (secondary N) is 2. The largest absolute Gasteiger partial charge is 0.437 e. The van der Waals surface area contributed by atoms with Crippen LogP contribution in [0.25, 0.3) is 10.8 Å². The van der Waals surface area contributed by atoms with Crippen molar-refractivity contribution in [2.75, 3.05) is 5.32 Å². The number of anilines is 1. The molecular weight excluding hydrogens is 392 g/mol. The summed E-state index contributed by atoms with van der Waals surface area (Å²) in [5.74, 6) is -0.342. The van der Waals surface area contributed by atoms with Crippen LogP contribution in [0.2, 0.25) is 0 Å². The molecule has 1 aliphatic carbocycles. The summed E-state index contributed by atoms with van der Waals surface area (Å²) in [5.41, 5.74) is 1.61. The molecule has 8 nitrogen and oxygen atoms in total. The number of carbonyl (C=O) groups excluding carboxylic acids is 2. The number of amides is 2. The van der Waals surface area contributed by atoms with Crippen molar-refractivity contribution in [3.05, 3.63) is 57.9 Å². The molecule has 4 rings (SSSR count). The molecule has 29 heavy (non-hydrogen) atoms. The van der Waals surface area contributed by atoms with Crippen molar-refractivity contribution >= 4 is 28.8 Å². The number of benzene rings is 1. The molecular formula is C20H20N4O4S. The first kappa shape index (κ1) is 19.1. The summed E-state index contributed by atoms with van der Waals surface area (Å²) in [6.07, 6.45) is 2.00. The Balaban J connectivity index is 1.27. The van der Waals surface area contributed by atoms with Gasteiger partial charge in [-0.15, -0.1) is 16.4 Å². The molecule has 1 aromatic carbocycles. The van der Waals surface area contributed by atoms with Crippen molar-refractivity contribution in [2.24, 2.45) is 5.92 Å². The normalized spacial score (nSPS) is 13.2. The topological polar surface area (TPSA) is 106 Å². The zero-order chi connectivity index (χ0) is 20.2. The Kier molecular flexibility index (Phi) is 5.57. The van der Waals surface area contributed by atoms with Crippen LogP contribution in [0.1, 0.15) is 24.8 Å². The first-order valence-electron chi connectivity index (χ1n) is 9.37. The summed E-state index contributed by atoms with van der Waals surface area (Å²) in [4.78, 5) is 36.6. The highest BCUT2D eigenvalue weighted by Crippen LogP contribution is 2.30. The van der Waals surface area contributed by atoms with Crippen molar-refractivity contribution in [2.45, 2.75) is 32.4 Å². The van der Waals surface area contributed by atoms with Gasteiger partial charge in [0, 0.05) is 24.6 Å². The SMILES string of the molecule is O=C(CCn1nc(-c2cccs2)oc1=O)NCc1cccc(NC(=O)C2CC2)c1. The summed E-state index contributed by atoms with van der Waals surface area (Å²) in [5, 5.41) is 11.7. The molecule has 1 aliphatic rings. The molecule has 3 aromatic rings. The monoisotopic (exact) mass is 412 g/mol. The van der Waals surface area contributed by atoms with Crippen LogP contribution in [-0.2, 0) is 22.7 Å². The molecule has 2 aromatic heterocycles. The lowest BCUT2D eigenvalue weighted by atomic mass is 10.2. The Bertz CT molecular complexity index is 1070. The summed E-state index contributed by atoms with van der Waals surface area (Å²) < 4.78 is 6.28. The number of nitrogens with zero attached hydrogens (tertiary/aromatic N) is 2. The number of aromatic nitrogens is 2. The van der Waals surface area contributed by atoms with Crippen molar-refractivity contribution in [3.63, 3.8) is 0 Å². The van der Waals surface area contributed by atoms with Crippen LogP contribution in [0, 0.1) is 5.92 Å². The molecule has 0 atom stereocenters. The van der Waals surface area contributed by atoms with E-state index in [9.17, 15) is 14.4 Å². The minimum Gasteiger partial charge on any atom is -0.387 e. The minimum absolute atomic E-state index is 0.0474. The number of carbonyl (C=O) groups is 2. The predicted octanol–water partition coefficient (Wildman–Crippen LogP) is 2.62. The molecule has 2 amide bonds. The van der Waals surface area contributed by atoms with Gasteiger partial charge in [-0.05, 0) is 42.0 Å². The molecule has 1 saturated carbocycles. The Morgan fingerprint density at radius 3 is 2.86 bits per heavy atom. The van der Waals surface area contributed by atoms with E-state index in [2.05, 4.69) is 15.7 Å². The van der Waals surface area contributed by atoms with E-state index in [1.807, 2.05) is 41.8 Å². The van der Waals surface area contributed by atoms with Crippen LogP contribution in [0.4, 0.5) is 5.69 Å². The fourth-order valence-electron chi connectivity index (χ4n) is 2.79. The van der Waals surface area contributed by atoms with E-state index in [1.54, 1.807) is 0 Å². The Labute approximate surface area is 170 Å². The third kappa shape index (κ3) is 5.00. The molecule has 2 N–H and O–H groups in total. The number of thiophene rings is 1. The molecule has 0 spiro atoms. The van der Waals surface area contributed by atoms with Crippen LogP contribution < -0.4 is 16.4 Å². The highest BCUT2D eigenvalue weighted by atomic mass is 32.1. The number of aryl methyl sites for hydroxylation is 1. The number of hydrogen-bond acceptors (Lipinski definition) is 6. The molecule has 0 aliphatic heterocycles. The average molecular weight is 412 g/mol. The van der Waals surface area contributed by atoms with Gasteiger partial charge in [-0.1, -0.05) is 18.2 Å². The van der Waals surface area contributed by atoms with Gasteiger partial charge in [0.1, 0.15) is 0 Å². The quantitative estimate of drug-likeness (QED) is 0.592. The second-order valence-corrected chi connectivity index (χ2v) is 7.81. The van der Waals surface area contributed by atoms with Gasteiger partial charge in [0.2, 0.25) is 11.8 Å². The first-order chi connectivity index (χ1) is 14.1. The van der Waals surface area contributed by atoms with Crippen molar-refractivity contribution in [1.29, 1.82) is 0 Å². The van der Waals surface area contributed by atoms with Gasteiger partial charge in [-0.25, -0.2) is 4.79 Å². The molecule has 0 saturated heterocycles. The van der Waals surface area contributed by atoms with E-state index < -0.39 is 5.76 Å². The highest BCUT2D eigenvalue weighted by molar-refractivity contribution is 7.13. The van der Waals surface area contributed by atoms with E-state index in [0.29, 0.717) is 6.54 Å². The third-order valence-electron chi connectivity index (χ3n) is 4.52. The lowest BCUT2D eigenvalue weighted by Gasteiger charge is -2.08. The van der Waals surface area contributed by atoms with E-state index in [0.717, 1.165) is 33.7 Å². The first-order valence-corrected chi connectivity index (χ1v) is 10.2. The summed E-state index contributed by atoms with van der Waals surface area (Å²) >= 11 is 1.42. The van der Waals surface area contributed by atoms with Crippen molar-refractivity contribution < 1.29 is 14.0 Å². The van der Waals surface area contributed by atoms with Crippen molar-refractivity contribution in [3.8, 4) is 10.8 Å². The van der Waals surface area contributed by atoms with E-state index in [1.165, 1.54) is 11.3 Å². The van der Waals surface area contributed by atoms with Gasteiger partial charge in [-0.2, -0.15) is 4.68 Å². The van der Waals surface area contributed by atoms with Crippen molar-refractivity contribution in [1.82, 2.24) is 15.1 Å². The van der Waals surface area contributed by atoms with Crippen LogP contribution in [0.3, 0.4) is 0 Å². The van der Waals surface area contributed by atoms with E-state index in [-0.39, 0.29) is 36.6 Å². The van der Waals surface area contributed by atoms with Crippen LogP contribution >= 0.6 is 11.3 Å². The summed E-state index contributed by atoms with van der Waals surface area (Å²) in [6.45, 7) is 0.469. The van der Waals surface area contributed by atoms with E-state index in [4.69, 9.17) is 4.42 Å². The van der Waals surface area contributed by atoms with Gasteiger partial charge in [0.15, 0.2) is 0 Å². The smallest absolute Gasteiger partial charge is 0.387 e. The fourth-order valence-corrected chi connectivity index (χ4v) is 3.44. The molecule has 0 unspecified atom stereocenters. The second-order valence-electron chi connectivity index (χ2n) is 6.86. The standard InChI is InChI=1S/C20H20N4O4S/c25-17(8-9-24-20(27)28-19(23-24)16-5-2-10-29-16)21-12-13-3-1-4-15(11-13)22-18(26)14-6-7-14/h1-5,10-11,14H,6-9,12H2,(H,21,25)(H,22,26). The van der Waals surface area contributed by atoms with Gasteiger partial charge < -0.3 is 15.1 Å². The van der Waals surface area contributed by atoms with Gasteiger partial charge in [0.05, 0.1) is 11.4 Å². The predicted molar refractivity (Wildman–Crippen MR) is 108 cm³/mol. The Hall–Kier alpha value is -3.20. The Morgan fingerprint density at radius 1 is 1.24 bits per heavy atom. The summed E-state index contributed by atoms with van der Waals surface area (Å²) in [6, 6.07) is 11.0. The zero-order valence-corrected chi connectivity index (χ0v) is 16.4. The minimum atomic E-state index is -0.583. The van der Waals surface area contributed by atoms with Gasteiger partial charge in [-0.3, -0.25) is 9.59 Å². The van der Waals surface area contributed by atoms with Crippen LogP contribution in [0.5, 0.6) is 0 Å². The highest BCUT2D eigenvalue weighted by Gasteiger charge is 2.29. The lowest BCUT2D eigenvalue weighted by molar-refractivity contribution is -0.121. The molecule has 2 heterocycles. The lowest BCUT2D eigenvalue weighted by Crippen LogP contribution is -2.26. The van der Waals surface area contributed by atoms with Gasteiger partial charge >= 0.3 is 5.76 Å². The van der Waals surface area contributed by atoms with Crippen LogP contribution in [0.15, 0.2) is 51.0 Å². The fraction of sp³-hybridized carbons (Fsp3) is 0.300. The maximum atomic E-state index is 12.1. The molecule has 9 heteroatoms. The number of hydrogen-bond donors (Lipinski definition) is 2. The van der Waals surface area contributed by atoms with E-state index >= 15 is 0 Å². The maximum absolute atomic E-state index is 12.1. The molecule has 150 valence electrons. The molecule has 0 radical (unpaired) electrons. The maximum Gasteiger partial charge on any atom is 0.437 e. The Morgan fingerprint density at radius 2 is 2.10 bits per heavy atom. The second kappa shape index (κ2) is 8.44. The molecule has 1 fully saturated rings. The summed E-state index contributed by atoms with van der Waals surface area (Å²) in [7, 11) is 0. The van der Waals surface area contributed by atoms with Gasteiger partial charge in [0.25, 0.3) is 5.89 Å². The molecule has 0 bridgehead atoms. The average Bonchev–Trinajstić information content (AvgIpc) is 3.30. The number of rotatable bonds is 8. The zero-order valence-electron chi connectivity index (χ0n) is 15.6. The third-order valence-corrected chi connectivity index (χ3v) is 5.38.